The van der Waals surface area contributed by atoms with Gasteiger partial charge in [-0.3, -0.25) is 4.98 Å². The van der Waals surface area contributed by atoms with Gasteiger partial charge in [0.2, 0.25) is 0 Å². The molecular weight excluding hydrogens is 177 g/mol. The van der Waals surface area contributed by atoms with Gasteiger partial charge in [0.1, 0.15) is 0 Å². The lowest BCUT2D eigenvalue weighted by Crippen LogP contribution is -1.93. The van der Waals surface area contributed by atoms with Gasteiger partial charge >= 0.3 is 0 Å². The highest BCUT2D eigenvalue weighted by Gasteiger charge is 1.96. The second kappa shape index (κ2) is 5.14. The number of rotatable bonds is 3. The molecule has 13 heavy (non-hydrogen) atoms. The summed E-state index contributed by atoms with van der Waals surface area (Å²) in [6, 6.07) is 4.15. The Kier molecular flexibility index (Phi) is 4.11. The maximum absolute atomic E-state index is 4.36. The van der Waals surface area contributed by atoms with Gasteiger partial charge in [-0.25, -0.2) is 0 Å². The molecule has 0 aromatic carbocycles. The van der Waals surface area contributed by atoms with Gasteiger partial charge in [-0.15, -0.1) is 0 Å². The Bertz CT molecular complexity index is 292. The number of hydrogen-bond acceptors (Lipinski definition) is 1. The normalized spacial score (nSPS) is 11.4. The lowest BCUT2D eigenvalue weighted by molar-refractivity contribution is 1.09. The zero-order chi connectivity index (χ0) is 9.68. The molecule has 0 saturated carbocycles. The fourth-order valence-electron chi connectivity index (χ4n) is 1.09. The molecule has 0 radical (unpaired) electrons. The van der Waals surface area contributed by atoms with Gasteiger partial charge in [0, 0.05) is 6.20 Å². The van der Waals surface area contributed by atoms with Crippen molar-refractivity contribution in [1.29, 1.82) is 0 Å². The predicted octanol–water partition coefficient (Wildman–Crippen LogP) is 3.15. The maximum Gasteiger partial charge on any atom is 0.0703 e. The van der Waals surface area contributed by atoms with Gasteiger partial charge in [-0.1, -0.05) is 35.0 Å². The van der Waals surface area contributed by atoms with Crippen molar-refractivity contribution >= 4 is 14.0 Å². The summed E-state index contributed by atoms with van der Waals surface area (Å²) in [5, 5.41) is 0. The van der Waals surface area contributed by atoms with E-state index in [2.05, 4.69) is 37.6 Å². The highest BCUT2D eigenvalue weighted by Crippen LogP contribution is 2.10. The van der Waals surface area contributed by atoms with Crippen LogP contribution in [0.2, 0.25) is 0 Å². The lowest BCUT2D eigenvalue weighted by Gasteiger charge is -2.00. The van der Waals surface area contributed by atoms with Crippen molar-refractivity contribution in [2.45, 2.75) is 32.9 Å². The van der Waals surface area contributed by atoms with Gasteiger partial charge < -0.3 is 0 Å². The minimum absolute atomic E-state index is 0.687. The number of pyridine rings is 1. The first kappa shape index (κ1) is 10.4. The topological polar surface area (TPSA) is 12.9 Å². The van der Waals surface area contributed by atoms with E-state index in [1.54, 1.807) is 0 Å². The molecule has 1 aromatic heterocycles. The standard InChI is InChI=1S/C11H16NP/c1-4-10-6-5-7-12-11(10)8-13-9(2)3/h5-9H,4H2,1-3H3. The van der Waals surface area contributed by atoms with Gasteiger partial charge in [-0.05, 0) is 29.5 Å². The van der Waals surface area contributed by atoms with Crippen LogP contribution in [-0.4, -0.2) is 16.4 Å². The van der Waals surface area contributed by atoms with Gasteiger partial charge in [0.05, 0.1) is 5.69 Å². The molecule has 0 aliphatic rings. The number of aromatic nitrogens is 1. The monoisotopic (exact) mass is 193 g/mol. The Morgan fingerprint density at radius 2 is 2.31 bits per heavy atom. The summed E-state index contributed by atoms with van der Waals surface area (Å²) in [7, 11) is 1.35. The first-order chi connectivity index (χ1) is 6.24. The number of aryl methyl sites for hydroxylation is 1. The Morgan fingerprint density at radius 3 is 2.92 bits per heavy atom. The van der Waals surface area contributed by atoms with Crippen LogP contribution >= 0.6 is 8.20 Å². The number of nitrogens with zero attached hydrogens (tertiary/aromatic N) is 1. The molecule has 70 valence electrons. The molecule has 1 aromatic rings. The van der Waals surface area contributed by atoms with Crippen LogP contribution in [0.5, 0.6) is 0 Å². The zero-order valence-corrected chi connectivity index (χ0v) is 9.38. The summed E-state index contributed by atoms with van der Waals surface area (Å²) in [5.74, 6) is 2.21. The highest BCUT2D eigenvalue weighted by molar-refractivity contribution is 7.39. The van der Waals surface area contributed by atoms with E-state index >= 15 is 0 Å². The van der Waals surface area contributed by atoms with Crippen molar-refractivity contribution in [2.75, 3.05) is 0 Å². The van der Waals surface area contributed by atoms with Crippen molar-refractivity contribution in [2.24, 2.45) is 0 Å². The predicted molar refractivity (Wildman–Crippen MR) is 60.8 cm³/mol. The fraction of sp³-hybridized carbons (Fsp3) is 0.455. The molecule has 1 rings (SSSR count). The molecule has 1 heterocycles. The third-order valence-electron chi connectivity index (χ3n) is 1.80. The summed E-state index contributed by atoms with van der Waals surface area (Å²) in [6.07, 6.45) is 2.92. The van der Waals surface area contributed by atoms with E-state index in [4.69, 9.17) is 0 Å². The summed E-state index contributed by atoms with van der Waals surface area (Å²) >= 11 is 0. The van der Waals surface area contributed by atoms with Gasteiger partial charge in [0.15, 0.2) is 0 Å². The van der Waals surface area contributed by atoms with Crippen molar-refractivity contribution in [1.82, 2.24) is 4.98 Å². The second-order valence-electron chi connectivity index (χ2n) is 3.27. The van der Waals surface area contributed by atoms with Crippen LogP contribution in [0.25, 0.3) is 0 Å². The van der Waals surface area contributed by atoms with Crippen molar-refractivity contribution in [3.63, 3.8) is 0 Å². The van der Waals surface area contributed by atoms with E-state index in [0.29, 0.717) is 5.66 Å². The van der Waals surface area contributed by atoms with Crippen LogP contribution in [0.3, 0.4) is 0 Å². The minimum atomic E-state index is 0.687. The SMILES string of the molecule is CCc1cccnc1/C=P\C(C)C. The van der Waals surface area contributed by atoms with E-state index in [0.717, 1.165) is 12.1 Å². The molecule has 0 N–H and O–H groups in total. The Morgan fingerprint density at radius 1 is 1.54 bits per heavy atom. The van der Waals surface area contributed by atoms with Crippen LogP contribution in [0, 0.1) is 0 Å². The third-order valence-corrected chi connectivity index (χ3v) is 2.79. The largest absolute Gasteiger partial charge is 0.256 e. The molecule has 0 unspecified atom stereocenters. The Hall–Kier alpha value is -0.680. The van der Waals surface area contributed by atoms with Crippen LogP contribution in [-0.2, 0) is 6.42 Å². The minimum Gasteiger partial charge on any atom is -0.256 e. The van der Waals surface area contributed by atoms with Crippen LogP contribution < -0.4 is 0 Å². The molecule has 0 bridgehead atoms. The van der Waals surface area contributed by atoms with Crippen LogP contribution in [0.4, 0.5) is 0 Å². The van der Waals surface area contributed by atoms with Crippen molar-refractivity contribution in [3.05, 3.63) is 29.6 Å². The molecular formula is C11H16NP. The molecule has 0 atom stereocenters. The van der Waals surface area contributed by atoms with E-state index in [-0.39, 0.29) is 0 Å². The average Bonchev–Trinajstić information content (AvgIpc) is 2.15. The molecule has 0 aliphatic heterocycles. The molecule has 0 amide bonds. The second-order valence-corrected chi connectivity index (χ2v) is 4.86. The van der Waals surface area contributed by atoms with E-state index in [9.17, 15) is 0 Å². The molecule has 0 spiro atoms. The summed E-state index contributed by atoms with van der Waals surface area (Å²) in [5.41, 5.74) is 3.18. The molecule has 2 heteroatoms. The summed E-state index contributed by atoms with van der Waals surface area (Å²) < 4.78 is 0. The zero-order valence-electron chi connectivity index (χ0n) is 8.49. The van der Waals surface area contributed by atoms with Crippen LogP contribution in [0.1, 0.15) is 32.0 Å². The highest BCUT2D eigenvalue weighted by atomic mass is 31.1. The molecule has 0 fully saturated rings. The average molecular weight is 193 g/mol. The maximum atomic E-state index is 4.36. The van der Waals surface area contributed by atoms with E-state index in [1.807, 2.05) is 12.3 Å². The summed E-state index contributed by atoms with van der Waals surface area (Å²) in [4.78, 5) is 4.36. The van der Waals surface area contributed by atoms with Gasteiger partial charge in [-0.2, -0.15) is 0 Å². The Balaban J connectivity index is 2.87. The molecule has 0 saturated heterocycles. The molecule has 1 nitrogen and oxygen atoms in total. The first-order valence-electron chi connectivity index (χ1n) is 4.71. The lowest BCUT2D eigenvalue weighted by atomic mass is 10.1. The fourth-order valence-corrected chi connectivity index (χ4v) is 1.76. The van der Waals surface area contributed by atoms with E-state index in [1.165, 1.54) is 13.8 Å². The van der Waals surface area contributed by atoms with Crippen molar-refractivity contribution < 1.29 is 0 Å². The van der Waals surface area contributed by atoms with E-state index < -0.39 is 0 Å². The first-order valence-corrected chi connectivity index (χ1v) is 5.74. The van der Waals surface area contributed by atoms with Crippen LogP contribution in [0.15, 0.2) is 18.3 Å². The van der Waals surface area contributed by atoms with Gasteiger partial charge in [0.25, 0.3) is 0 Å². The molecule has 0 aliphatic carbocycles. The third kappa shape index (κ3) is 3.28. The number of hydrogen-bond donors (Lipinski definition) is 0. The summed E-state index contributed by atoms with van der Waals surface area (Å²) in [6.45, 7) is 6.60. The quantitative estimate of drug-likeness (QED) is 0.672. The Labute approximate surface area is 82.0 Å². The smallest absolute Gasteiger partial charge is 0.0703 e. The van der Waals surface area contributed by atoms with Crippen molar-refractivity contribution in [3.8, 4) is 0 Å².